The van der Waals surface area contributed by atoms with Crippen molar-refractivity contribution in [2.24, 2.45) is 0 Å². The van der Waals surface area contributed by atoms with Crippen LogP contribution in [0.1, 0.15) is 32.6 Å². The first-order chi connectivity index (χ1) is 16.1. The fraction of sp³-hybridized carbons (Fsp3) is 0.200. The molecule has 1 atom stereocenters. The number of carbonyl (C=O) groups is 1. The van der Waals surface area contributed by atoms with Crippen LogP contribution in [0.4, 0.5) is 21.9 Å². The first-order valence-corrected chi connectivity index (χ1v) is 10.6. The van der Waals surface area contributed by atoms with E-state index in [1.54, 1.807) is 69.3 Å². The van der Waals surface area contributed by atoms with Gasteiger partial charge in [0.15, 0.2) is 11.7 Å². The summed E-state index contributed by atoms with van der Waals surface area (Å²) >= 11 is 0. The van der Waals surface area contributed by atoms with Gasteiger partial charge in [0, 0.05) is 28.1 Å². The van der Waals surface area contributed by atoms with Crippen LogP contribution in [0, 0.1) is 10.1 Å². The molecule has 9 heteroatoms. The molecule has 0 saturated carbocycles. The molecule has 9 nitrogen and oxygen atoms in total. The minimum Gasteiger partial charge on any atom is -0.444 e. The molecule has 0 radical (unpaired) electrons. The molecule has 4 rings (SSSR count). The number of nitrogens with one attached hydrogen (secondary N) is 2. The highest BCUT2D eigenvalue weighted by atomic mass is 16.6. The minimum absolute atomic E-state index is 0.121. The number of amides is 1. The average Bonchev–Trinajstić information content (AvgIpc) is 2.77. The van der Waals surface area contributed by atoms with Gasteiger partial charge in [0.05, 0.1) is 16.1 Å². The molecule has 0 aliphatic rings. The Hall–Kier alpha value is -4.24. The number of hydrogen-bond donors (Lipinski definition) is 3. The van der Waals surface area contributed by atoms with Crippen molar-refractivity contribution in [1.82, 2.24) is 4.98 Å². The van der Waals surface area contributed by atoms with Crippen molar-refractivity contribution in [1.29, 1.82) is 0 Å². The molecule has 3 N–H and O–H groups in total. The number of rotatable bonds is 5. The third kappa shape index (κ3) is 4.89. The number of para-hydroxylation sites is 2. The molecule has 4 aromatic rings. The van der Waals surface area contributed by atoms with Crippen molar-refractivity contribution in [2.75, 3.05) is 10.6 Å². The van der Waals surface area contributed by atoms with Gasteiger partial charge in [-0.25, -0.2) is 9.78 Å². The van der Waals surface area contributed by atoms with Crippen LogP contribution in [0.25, 0.3) is 21.8 Å². The molecular weight excluding hydrogens is 436 g/mol. The number of nitrogens with zero attached hydrogens (tertiary/aromatic N) is 2. The summed E-state index contributed by atoms with van der Waals surface area (Å²) in [6.45, 7) is 5.30. The monoisotopic (exact) mass is 460 g/mol. The smallest absolute Gasteiger partial charge is 0.412 e. The predicted octanol–water partition coefficient (Wildman–Crippen LogP) is 5.75. The summed E-state index contributed by atoms with van der Waals surface area (Å²) in [6.07, 6.45) is -1.78. The van der Waals surface area contributed by atoms with Crippen molar-refractivity contribution in [3.05, 3.63) is 82.4 Å². The maximum absolute atomic E-state index is 12.1. The highest BCUT2D eigenvalue weighted by molar-refractivity contribution is 6.09. The summed E-state index contributed by atoms with van der Waals surface area (Å²) in [6, 6.07) is 18.6. The number of ether oxygens (including phenoxy) is 1. The first kappa shape index (κ1) is 22.9. The van der Waals surface area contributed by atoms with E-state index >= 15 is 0 Å². The molecule has 0 saturated heterocycles. The Morgan fingerprint density at radius 1 is 1.06 bits per heavy atom. The van der Waals surface area contributed by atoms with Gasteiger partial charge in [-0.05, 0) is 39.0 Å². The second-order valence-corrected chi connectivity index (χ2v) is 8.73. The molecular formula is C25H24N4O5. The highest BCUT2D eigenvalue weighted by Crippen LogP contribution is 2.36. The lowest BCUT2D eigenvalue weighted by molar-refractivity contribution is -0.383. The van der Waals surface area contributed by atoms with Gasteiger partial charge in [-0.3, -0.25) is 15.4 Å². The van der Waals surface area contributed by atoms with Crippen LogP contribution in [0.3, 0.4) is 0 Å². The standard InChI is InChI=1S/C25H24N4O5/c1-25(2,3)34-24(31)26-16-9-6-8-15(14-16)23(30)28-21-17-10-4-5-12-19(17)27-22-18(21)11-7-13-20(22)29(32)33/h4-14,23,30H,1-3H3,(H,26,31)(H,27,28). The van der Waals surface area contributed by atoms with Crippen LogP contribution in [-0.4, -0.2) is 26.7 Å². The van der Waals surface area contributed by atoms with Crippen LogP contribution in [0.15, 0.2) is 66.7 Å². The third-order valence-corrected chi connectivity index (χ3v) is 5.02. The molecule has 0 fully saturated rings. The van der Waals surface area contributed by atoms with Gasteiger partial charge in [0.1, 0.15) is 5.60 Å². The van der Waals surface area contributed by atoms with Crippen LogP contribution >= 0.6 is 0 Å². The van der Waals surface area contributed by atoms with Crippen molar-refractivity contribution < 1.29 is 19.6 Å². The topological polar surface area (TPSA) is 127 Å². The SMILES string of the molecule is CC(C)(C)OC(=O)Nc1cccc(C(O)Nc2c3ccccc3nc3c([N+](=O)[O-])cccc23)c1. The number of pyridine rings is 1. The normalized spacial score (nSPS) is 12.4. The molecule has 0 aliphatic heterocycles. The molecule has 1 heterocycles. The molecule has 1 unspecified atom stereocenters. The zero-order valence-electron chi connectivity index (χ0n) is 18.9. The average molecular weight is 460 g/mol. The molecule has 0 bridgehead atoms. The van der Waals surface area contributed by atoms with E-state index in [1.807, 2.05) is 12.1 Å². The highest BCUT2D eigenvalue weighted by Gasteiger charge is 2.20. The number of fused-ring (bicyclic) bond motifs is 2. The fourth-order valence-electron chi connectivity index (χ4n) is 3.63. The molecule has 1 aromatic heterocycles. The Bertz CT molecular complexity index is 1400. The van der Waals surface area contributed by atoms with Crippen LogP contribution < -0.4 is 10.6 Å². The predicted molar refractivity (Wildman–Crippen MR) is 131 cm³/mol. The number of non-ortho nitro benzene ring substituents is 1. The molecule has 3 aromatic carbocycles. The van der Waals surface area contributed by atoms with Gasteiger partial charge < -0.3 is 15.2 Å². The number of aromatic nitrogens is 1. The number of carbonyl (C=O) groups excluding carboxylic acids is 1. The summed E-state index contributed by atoms with van der Waals surface area (Å²) < 4.78 is 5.27. The molecule has 0 spiro atoms. The lowest BCUT2D eigenvalue weighted by Gasteiger charge is -2.21. The third-order valence-electron chi connectivity index (χ3n) is 5.02. The second-order valence-electron chi connectivity index (χ2n) is 8.73. The zero-order valence-corrected chi connectivity index (χ0v) is 18.9. The van der Waals surface area contributed by atoms with Crippen molar-refractivity contribution in [2.45, 2.75) is 32.6 Å². The van der Waals surface area contributed by atoms with Crippen LogP contribution in [0.2, 0.25) is 0 Å². The first-order valence-electron chi connectivity index (χ1n) is 10.6. The second kappa shape index (κ2) is 8.95. The largest absolute Gasteiger partial charge is 0.444 e. The van der Waals surface area contributed by atoms with Crippen molar-refractivity contribution >= 4 is 45.0 Å². The van der Waals surface area contributed by atoms with E-state index in [9.17, 15) is 20.0 Å². The Morgan fingerprint density at radius 3 is 2.50 bits per heavy atom. The summed E-state index contributed by atoms with van der Waals surface area (Å²) in [5.74, 6) is 0. The fourth-order valence-corrected chi connectivity index (χ4v) is 3.63. The number of nitro groups is 1. The molecule has 174 valence electrons. The van der Waals surface area contributed by atoms with E-state index in [0.29, 0.717) is 33.2 Å². The Morgan fingerprint density at radius 2 is 1.76 bits per heavy atom. The molecule has 0 aliphatic carbocycles. The number of anilines is 2. The van der Waals surface area contributed by atoms with Gasteiger partial charge in [-0.15, -0.1) is 0 Å². The maximum Gasteiger partial charge on any atom is 0.412 e. The Labute approximate surface area is 195 Å². The van der Waals surface area contributed by atoms with Crippen molar-refractivity contribution in [3.8, 4) is 0 Å². The van der Waals surface area contributed by atoms with E-state index in [-0.39, 0.29) is 11.2 Å². The van der Waals surface area contributed by atoms with E-state index in [0.717, 1.165) is 0 Å². The van der Waals surface area contributed by atoms with Gasteiger partial charge in [-0.2, -0.15) is 0 Å². The lowest BCUT2D eigenvalue weighted by atomic mass is 10.1. The van der Waals surface area contributed by atoms with Crippen molar-refractivity contribution in [3.63, 3.8) is 0 Å². The van der Waals surface area contributed by atoms with Crippen LogP contribution in [0.5, 0.6) is 0 Å². The van der Waals surface area contributed by atoms with E-state index < -0.39 is 22.8 Å². The van der Waals surface area contributed by atoms with E-state index in [4.69, 9.17) is 4.74 Å². The van der Waals surface area contributed by atoms with Gasteiger partial charge in [0.25, 0.3) is 5.69 Å². The zero-order chi connectivity index (χ0) is 24.5. The number of aliphatic hydroxyl groups is 1. The van der Waals surface area contributed by atoms with Gasteiger partial charge in [0.2, 0.25) is 0 Å². The van der Waals surface area contributed by atoms with E-state index in [2.05, 4.69) is 15.6 Å². The van der Waals surface area contributed by atoms with Crippen LogP contribution in [-0.2, 0) is 4.74 Å². The molecule has 1 amide bonds. The summed E-state index contributed by atoms with van der Waals surface area (Å²) in [4.78, 5) is 27.7. The van der Waals surface area contributed by atoms with E-state index in [1.165, 1.54) is 6.07 Å². The lowest BCUT2D eigenvalue weighted by Crippen LogP contribution is -2.27. The minimum atomic E-state index is -1.17. The molecule has 34 heavy (non-hydrogen) atoms. The summed E-state index contributed by atoms with van der Waals surface area (Å²) in [5.41, 5.74) is 1.46. The Kier molecular flexibility index (Phi) is 6.04. The summed E-state index contributed by atoms with van der Waals surface area (Å²) in [5, 5.41) is 29.5. The number of benzene rings is 3. The number of hydrogen-bond acceptors (Lipinski definition) is 7. The van der Waals surface area contributed by atoms with Gasteiger partial charge >= 0.3 is 6.09 Å². The Balaban J connectivity index is 1.71. The summed E-state index contributed by atoms with van der Waals surface area (Å²) in [7, 11) is 0. The number of aliphatic hydroxyl groups excluding tert-OH is 1. The van der Waals surface area contributed by atoms with Gasteiger partial charge in [-0.1, -0.05) is 42.5 Å². The quantitative estimate of drug-likeness (QED) is 0.150. The number of nitro benzene ring substituents is 1. The maximum atomic E-state index is 12.1.